The van der Waals surface area contributed by atoms with E-state index in [1.54, 1.807) is 0 Å². The first kappa shape index (κ1) is 10.7. The molecule has 2 aliphatic heterocycles. The van der Waals surface area contributed by atoms with Gasteiger partial charge in [-0.05, 0) is 30.4 Å². The molecule has 2 aliphatic rings. The molecule has 72 valence electrons. The molecule has 0 aliphatic carbocycles. The second-order valence-corrected chi connectivity index (χ2v) is 13.7. The quantitative estimate of drug-likeness (QED) is 0.490. The predicted molar refractivity (Wildman–Crippen MR) is 75.7 cm³/mol. The van der Waals surface area contributed by atoms with Gasteiger partial charge in [0, 0.05) is 25.6 Å². The average molecular weight is 269 g/mol. The zero-order valence-corrected chi connectivity index (χ0v) is 12.1. The lowest BCUT2D eigenvalue weighted by Crippen LogP contribution is -2.37. The summed E-state index contributed by atoms with van der Waals surface area (Å²) in [6, 6.07) is 0. The van der Waals surface area contributed by atoms with Crippen LogP contribution in [0.3, 0.4) is 0 Å². The van der Waals surface area contributed by atoms with Gasteiger partial charge in [-0.3, -0.25) is 0 Å². The summed E-state index contributed by atoms with van der Waals surface area (Å²) in [5, 5.41) is 0. The molecule has 0 fully saturated rings. The molecule has 0 amide bonds. The smallest absolute Gasteiger partial charge is 0.0403 e. The zero-order chi connectivity index (χ0) is 9.69. The summed E-state index contributed by atoms with van der Waals surface area (Å²) in [7, 11) is 0. The minimum Gasteiger partial charge on any atom is -0.0403 e. The molecule has 0 aromatic rings. The standard InChI is InChI=1S/C8H12S5/c1-5-9-7(3)11-6(2)12-8(4,10-5)13-7/h1-4H3/q+2. The van der Waals surface area contributed by atoms with Crippen LogP contribution in [-0.4, -0.2) is 15.2 Å². The maximum atomic E-state index is 2.34. The summed E-state index contributed by atoms with van der Waals surface area (Å²) in [6.45, 7) is 9.18. The molecule has 0 unspecified atom stereocenters. The summed E-state index contributed by atoms with van der Waals surface area (Å²) in [4.78, 5) is 0. The minimum atomic E-state index is 0.319. The van der Waals surface area contributed by atoms with Crippen LogP contribution in [0.5, 0.6) is 0 Å². The predicted octanol–water partition coefficient (Wildman–Crippen LogP) is 3.03. The van der Waals surface area contributed by atoms with Crippen molar-refractivity contribution in [2.75, 3.05) is 0 Å². The van der Waals surface area contributed by atoms with Crippen molar-refractivity contribution in [1.29, 1.82) is 0 Å². The van der Waals surface area contributed by atoms with Crippen molar-refractivity contribution >= 4 is 66.4 Å². The van der Waals surface area contributed by atoms with Crippen LogP contribution in [0.2, 0.25) is 0 Å². The number of hydrogen-bond acceptors (Lipinski definition) is 3. The molecule has 13 heavy (non-hydrogen) atoms. The summed E-state index contributed by atoms with van der Waals surface area (Å²) in [6.07, 6.45) is 0. The van der Waals surface area contributed by atoms with Gasteiger partial charge in [-0.2, -0.15) is 0 Å². The van der Waals surface area contributed by atoms with E-state index in [9.17, 15) is 0 Å². The van der Waals surface area contributed by atoms with Gasteiger partial charge in [-0.25, -0.2) is 0 Å². The van der Waals surface area contributed by atoms with E-state index in [-0.39, 0.29) is 0 Å². The van der Waals surface area contributed by atoms with Gasteiger partial charge in [0.05, 0.1) is 6.92 Å². The Morgan fingerprint density at radius 3 is 1.85 bits per heavy atom. The van der Waals surface area contributed by atoms with Crippen molar-refractivity contribution in [3.63, 3.8) is 0 Å². The molecule has 0 atom stereocenters. The Bertz CT molecular complexity index is 282. The van der Waals surface area contributed by atoms with Gasteiger partial charge >= 0.3 is 3.41 Å². The van der Waals surface area contributed by atoms with Crippen LogP contribution in [-0.2, 0) is 22.7 Å². The van der Waals surface area contributed by atoms with Crippen molar-refractivity contribution in [2.45, 2.75) is 34.5 Å². The molecular weight excluding hydrogens is 256 g/mol. The van der Waals surface area contributed by atoms with Crippen molar-refractivity contribution < 1.29 is 0 Å². The largest absolute Gasteiger partial charge is 0.450 e. The number of fused-ring (bicyclic) bond motifs is 2. The minimum absolute atomic E-state index is 0.319. The molecule has 0 spiro atoms. The Hall–Kier alpha value is 1.23. The Balaban J connectivity index is 2.46. The van der Waals surface area contributed by atoms with Crippen LogP contribution < -0.4 is 0 Å². The van der Waals surface area contributed by atoms with Crippen molar-refractivity contribution in [3.05, 3.63) is 0 Å². The second kappa shape index (κ2) is 3.37. The van der Waals surface area contributed by atoms with Gasteiger partial charge in [-0.1, -0.05) is 0 Å². The van der Waals surface area contributed by atoms with E-state index in [0.29, 0.717) is 6.82 Å². The third-order valence-corrected chi connectivity index (χ3v) is 9.06. The van der Waals surface area contributed by atoms with Crippen molar-refractivity contribution in [1.82, 2.24) is 0 Å². The topological polar surface area (TPSA) is 0 Å². The molecule has 2 bridgehead atoms. The first-order valence-corrected chi connectivity index (χ1v) is 8.12. The Morgan fingerprint density at radius 1 is 1.00 bits per heavy atom. The van der Waals surface area contributed by atoms with Crippen LogP contribution in [0, 0.1) is 0 Å². The van der Waals surface area contributed by atoms with Crippen molar-refractivity contribution in [2.24, 2.45) is 0 Å². The van der Waals surface area contributed by atoms with Gasteiger partial charge in [0.15, 0.2) is 0 Å². The van der Waals surface area contributed by atoms with E-state index in [2.05, 4.69) is 39.5 Å². The SMILES string of the molecule is CC1=[S+]C2(C)SC(C)(S1)SC(C)=[S+]2. The fourth-order valence-electron chi connectivity index (χ4n) is 1.55. The lowest BCUT2D eigenvalue weighted by atomic mass is 10.9. The molecule has 2 heterocycles. The maximum absolute atomic E-state index is 2.34. The highest BCUT2D eigenvalue weighted by Gasteiger charge is 2.62. The maximum Gasteiger partial charge on any atom is 0.450 e. The molecule has 0 nitrogen and oxygen atoms in total. The van der Waals surface area contributed by atoms with E-state index in [1.807, 2.05) is 46.2 Å². The van der Waals surface area contributed by atoms with E-state index in [0.717, 1.165) is 0 Å². The van der Waals surface area contributed by atoms with E-state index >= 15 is 0 Å². The Morgan fingerprint density at radius 2 is 1.46 bits per heavy atom. The highest BCUT2D eigenvalue weighted by atomic mass is 32.3. The van der Waals surface area contributed by atoms with Crippen LogP contribution in [0.15, 0.2) is 0 Å². The average Bonchev–Trinajstić information content (AvgIpc) is 1.75. The van der Waals surface area contributed by atoms with E-state index in [4.69, 9.17) is 0 Å². The van der Waals surface area contributed by atoms with Gasteiger partial charge in [0.25, 0.3) is 22.7 Å². The van der Waals surface area contributed by atoms with Crippen LogP contribution >= 0.6 is 35.3 Å². The van der Waals surface area contributed by atoms with Gasteiger partial charge in [0.2, 0.25) is 8.39 Å². The normalized spacial score (nSPS) is 44.0. The van der Waals surface area contributed by atoms with E-state index < -0.39 is 0 Å². The van der Waals surface area contributed by atoms with Gasteiger partial charge < -0.3 is 0 Å². The van der Waals surface area contributed by atoms with Gasteiger partial charge in [0.1, 0.15) is 3.41 Å². The summed E-state index contributed by atoms with van der Waals surface area (Å²) in [5.74, 6) is 0. The van der Waals surface area contributed by atoms with Crippen LogP contribution in [0.4, 0.5) is 0 Å². The lowest BCUT2D eigenvalue weighted by Gasteiger charge is -2.28. The number of hydrogen-bond donors (Lipinski definition) is 0. The highest BCUT2D eigenvalue weighted by Crippen LogP contribution is 2.58. The molecule has 0 aromatic heterocycles. The highest BCUT2D eigenvalue weighted by molar-refractivity contribution is 8.54. The van der Waals surface area contributed by atoms with Gasteiger partial charge in [-0.15, -0.1) is 0 Å². The first-order valence-electron chi connectivity index (χ1n) is 4.04. The molecule has 0 aromatic carbocycles. The molecule has 0 saturated heterocycles. The monoisotopic (exact) mass is 268 g/mol. The lowest BCUT2D eigenvalue weighted by molar-refractivity contribution is 1.26. The molecular formula is C8H12S5+2. The third kappa shape index (κ3) is 2.25. The Kier molecular flexibility index (Phi) is 2.78. The molecule has 0 N–H and O–H groups in total. The molecule has 0 saturated carbocycles. The van der Waals surface area contributed by atoms with Crippen LogP contribution in [0.25, 0.3) is 0 Å². The third-order valence-electron chi connectivity index (χ3n) is 1.69. The number of rotatable bonds is 0. The first-order chi connectivity index (χ1) is 5.91. The number of thioether (sulfide) groups is 3. The van der Waals surface area contributed by atoms with Crippen LogP contribution in [0.1, 0.15) is 27.7 Å². The molecule has 2 rings (SSSR count). The molecule has 0 radical (unpaired) electrons. The Labute approximate surface area is 100 Å². The van der Waals surface area contributed by atoms with E-state index in [1.165, 1.54) is 8.39 Å². The molecule has 5 heteroatoms. The summed E-state index contributed by atoms with van der Waals surface area (Å²) < 4.78 is 3.66. The summed E-state index contributed by atoms with van der Waals surface area (Å²) in [5.41, 5.74) is 0. The second-order valence-electron chi connectivity index (χ2n) is 3.22. The summed E-state index contributed by atoms with van der Waals surface area (Å²) >= 11 is 10.2. The fraction of sp³-hybridized carbons (Fsp3) is 0.750. The fourth-order valence-corrected chi connectivity index (χ4v) is 14.5. The van der Waals surface area contributed by atoms with Crippen molar-refractivity contribution in [3.8, 4) is 0 Å². The zero-order valence-electron chi connectivity index (χ0n) is 8.04.